The monoisotopic (exact) mass is 184 g/mol. The van der Waals surface area contributed by atoms with E-state index in [1.165, 1.54) is 7.11 Å². The van der Waals surface area contributed by atoms with Crippen LogP contribution < -0.4 is 0 Å². The summed E-state index contributed by atoms with van der Waals surface area (Å²) in [4.78, 5) is 10.8. The first-order valence-electron chi connectivity index (χ1n) is 3.53. The lowest BCUT2D eigenvalue weighted by atomic mass is 10.1. The summed E-state index contributed by atoms with van der Waals surface area (Å²) in [5.74, 6) is 0. The summed E-state index contributed by atoms with van der Waals surface area (Å²) >= 11 is 5.31. The van der Waals surface area contributed by atoms with Crippen molar-refractivity contribution >= 4 is 16.8 Å². The average Bonchev–Trinajstić information content (AvgIpc) is 2.07. The van der Waals surface area contributed by atoms with Crippen LogP contribution in [0, 0.1) is 0 Å². The third-order valence-electron chi connectivity index (χ3n) is 1.54. The lowest BCUT2D eigenvalue weighted by Crippen LogP contribution is -2.08. The molecule has 0 aliphatic rings. The van der Waals surface area contributed by atoms with Crippen LogP contribution in [-0.4, -0.2) is 12.4 Å². The highest BCUT2D eigenvalue weighted by atomic mass is 35.5. The number of ether oxygens (including phenoxy) is 1. The molecule has 3 heteroatoms. The SMILES string of the molecule is COC(C(=O)Cl)c1ccccc1. The summed E-state index contributed by atoms with van der Waals surface area (Å²) in [5.41, 5.74) is 0.778. The van der Waals surface area contributed by atoms with E-state index < -0.39 is 11.3 Å². The molecule has 1 rings (SSSR count). The standard InChI is InChI=1S/C9H9ClO2/c1-12-8(9(10)11)7-5-3-2-4-6-7/h2-6,8H,1H3. The van der Waals surface area contributed by atoms with Crippen molar-refractivity contribution < 1.29 is 9.53 Å². The van der Waals surface area contributed by atoms with Crippen LogP contribution in [0.25, 0.3) is 0 Å². The smallest absolute Gasteiger partial charge is 0.255 e. The molecule has 0 heterocycles. The van der Waals surface area contributed by atoms with Crippen LogP contribution >= 0.6 is 11.6 Å². The van der Waals surface area contributed by atoms with Gasteiger partial charge in [-0.2, -0.15) is 0 Å². The number of methoxy groups -OCH3 is 1. The summed E-state index contributed by atoms with van der Waals surface area (Å²) in [5, 5.41) is -0.497. The summed E-state index contributed by atoms with van der Waals surface area (Å²) in [6.07, 6.45) is -0.645. The molecule has 0 saturated carbocycles. The molecule has 0 aromatic heterocycles. The third kappa shape index (κ3) is 2.06. The van der Waals surface area contributed by atoms with Gasteiger partial charge in [0.05, 0.1) is 0 Å². The molecule has 0 aliphatic carbocycles. The van der Waals surface area contributed by atoms with Crippen molar-refractivity contribution in [1.29, 1.82) is 0 Å². The molecule has 12 heavy (non-hydrogen) atoms. The van der Waals surface area contributed by atoms with E-state index in [0.717, 1.165) is 5.56 Å². The fraction of sp³-hybridized carbons (Fsp3) is 0.222. The number of benzene rings is 1. The normalized spacial score (nSPS) is 12.5. The Morgan fingerprint density at radius 1 is 1.42 bits per heavy atom. The molecule has 0 fully saturated rings. The first kappa shape index (κ1) is 9.23. The number of hydrogen-bond acceptors (Lipinski definition) is 2. The summed E-state index contributed by atoms with van der Waals surface area (Å²) < 4.78 is 4.92. The lowest BCUT2D eigenvalue weighted by Gasteiger charge is -2.09. The predicted octanol–water partition coefficient (Wildman–Crippen LogP) is 2.14. The summed E-state index contributed by atoms with van der Waals surface area (Å²) in [6.45, 7) is 0. The van der Waals surface area contributed by atoms with E-state index in [0.29, 0.717) is 0 Å². The maximum atomic E-state index is 10.8. The van der Waals surface area contributed by atoms with Crippen LogP contribution in [0.2, 0.25) is 0 Å². The predicted molar refractivity (Wildman–Crippen MR) is 47.1 cm³/mol. The topological polar surface area (TPSA) is 26.3 Å². The minimum absolute atomic E-state index is 0.497. The zero-order valence-electron chi connectivity index (χ0n) is 6.66. The Kier molecular flexibility index (Phi) is 3.26. The molecule has 0 spiro atoms. The van der Waals surface area contributed by atoms with Crippen LogP contribution in [0.5, 0.6) is 0 Å². The van der Waals surface area contributed by atoms with Crippen molar-refractivity contribution in [1.82, 2.24) is 0 Å². The number of halogens is 1. The fourth-order valence-corrected chi connectivity index (χ4v) is 1.20. The molecule has 0 N–H and O–H groups in total. The van der Waals surface area contributed by atoms with E-state index in [-0.39, 0.29) is 0 Å². The van der Waals surface area contributed by atoms with E-state index in [9.17, 15) is 4.79 Å². The van der Waals surface area contributed by atoms with Gasteiger partial charge in [0.25, 0.3) is 5.24 Å². The summed E-state index contributed by atoms with van der Waals surface area (Å²) in [6, 6.07) is 9.14. The minimum Gasteiger partial charge on any atom is -0.368 e. The van der Waals surface area contributed by atoms with Gasteiger partial charge in [0.15, 0.2) is 6.10 Å². The van der Waals surface area contributed by atoms with Gasteiger partial charge in [-0.15, -0.1) is 0 Å². The molecule has 64 valence electrons. The van der Waals surface area contributed by atoms with Gasteiger partial charge in [-0.3, -0.25) is 4.79 Å². The second-order valence-corrected chi connectivity index (χ2v) is 2.70. The van der Waals surface area contributed by atoms with Crippen molar-refractivity contribution in [2.24, 2.45) is 0 Å². The molecular weight excluding hydrogens is 176 g/mol. The van der Waals surface area contributed by atoms with Gasteiger partial charge in [-0.1, -0.05) is 30.3 Å². The second kappa shape index (κ2) is 4.24. The molecule has 0 aliphatic heterocycles. The van der Waals surface area contributed by atoms with Gasteiger partial charge < -0.3 is 4.74 Å². The quantitative estimate of drug-likeness (QED) is 0.673. The third-order valence-corrected chi connectivity index (χ3v) is 1.74. The van der Waals surface area contributed by atoms with Gasteiger partial charge in [-0.25, -0.2) is 0 Å². The zero-order valence-corrected chi connectivity index (χ0v) is 7.41. The molecule has 1 aromatic carbocycles. The average molecular weight is 185 g/mol. The molecule has 0 saturated heterocycles. The van der Waals surface area contributed by atoms with Crippen molar-refractivity contribution in [3.8, 4) is 0 Å². The Balaban J connectivity index is 2.88. The molecule has 1 unspecified atom stereocenters. The van der Waals surface area contributed by atoms with Crippen molar-refractivity contribution in [3.63, 3.8) is 0 Å². The van der Waals surface area contributed by atoms with Gasteiger partial charge in [0.2, 0.25) is 0 Å². The summed E-state index contributed by atoms with van der Waals surface area (Å²) in [7, 11) is 1.46. The first-order valence-corrected chi connectivity index (χ1v) is 3.90. The molecule has 1 atom stereocenters. The van der Waals surface area contributed by atoms with Gasteiger partial charge in [0.1, 0.15) is 0 Å². The van der Waals surface area contributed by atoms with Gasteiger partial charge in [-0.05, 0) is 17.2 Å². The molecular formula is C9H9ClO2. The number of rotatable bonds is 3. The van der Waals surface area contributed by atoms with Crippen LogP contribution in [0.15, 0.2) is 30.3 Å². The number of carbonyl (C=O) groups is 1. The van der Waals surface area contributed by atoms with Crippen LogP contribution in [0.1, 0.15) is 11.7 Å². The van der Waals surface area contributed by atoms with E-state index in [4.69, 9.17) is 16.3 Å². The van der Waals surface area contributed by atoms with Crippen molar-refractivity contribution in [2.45, 2.75) is 6.10 Å². The Morgan fingerprint density at radius 2 is 2.00 bits per heavy atom. The Hall–Kier alpha value is -0.860. The Morgan fingerprint density at radius 3 is 2.42 bits per heavy atom. The number of hydrogen-bond donors (Lipinski definition) is 0. The zero-order chi connectivity index (χ0) is 8.97. The van der Waals surface area contributed by atoms with E-state index in [2.05, 4.69) is 0 Å². The highest BCUT2D eigenvalue weighted by Gasteiger charge is 2.16. The lowest BCUT2D eigenvalue weighted by molar-refractivity contribution is -0.121. The highest BCUT2D eigenvalue weighted by Crippen LogP contribution is 2.18. The maximum absolute atomic E-state index is 10.8. The van der Waals surface area contributed by atoms with E-state index in [1.54, 1.807) is 12.1 Å². The second-order valence-electron chi connectivity index (χ2n) is 2.33. The van der Waals surface area contributed by atoms with Crippen LogP contribution in [0.3, 0.4) is 0 Å². The molecule has 2 nitrogen and oxygen atoms in total. The van der Waals surface area contributed by atoms with Crippen LogP contribution in [0.4, 0.5) is 0 Å². The van der Waals surface area contributed by atoms with Crippen molar-refractivity contribution in [3.05, 3.63) is 35.9 Å². The van der Waals surface area contributed by atoms with Crippen molar-refractivity contribution in [2.75, 3.05) is 7.11 Å². The molecule has 0 radical (unpaired) electrons. The molecule has 0 bridgehead atoms. The number of carbonyl (C=O) groups excluding carboxylic acids is 1. The molecule has 0 amide bonds. The Bertz CT molecular complexity index is 258. The first-order chi connectivity index (χ1) is 5.75. The van der Waals surface area contributed by atoms with Gasteiger partial charge >= 0.3 is 0 Å². The van der Waals surface area contributed by atoms with E-state index >= 15 is 0 Å². The van der Waals surface area contributed by atoms with Gasteiger partial charge in [0, 0.05) is 7.11 Å². The largest absolute Gasteiger partial charge is 0.368 e. The Labute approximate surface area is 76.1 Å². The van der Waals surface area contributed by atoms with Crippen LogP contribution in [-0.2, 0) is 9.53 Å². The minimum atomic E-state index is -0.645. The van der Waals surface area contributed by atoms with E-state index in [1.807, 2.05) is 18.2 Å². The maximum Gasteiger partial charge on any atom is 0.255 e. The fourth-order valence-electron chi connectivity index (χ4n) is 0.988. The molecule has 1 aromatic rings. The highest BCUT2D eigenvalue weighted by molar-refractivity contribution is 6.64.